The Morgan fingerprint density at radius 3 is 2.32 bits per heavy atom. The Bertz CT molecular complexity index is 989. The average molecular weight is 377 g/mol. The van der Waals surface area contributed by atoms with E-state index in [0.717, 1.165) is 33.8 Å². The van der Waals surface area contributed by atoms with Crippen LogP contribution in [0.2, 0.25) is 0 Å². The lowest BCUT2D eigenvalue weighted by atomic mass is 9.97. The van der Waals surface area contributed by atoms with Crippen molar-refractivity contribution in [2.24, 2.45) is 7.05 Å². The van der Waals surface area contributed by atoms with E-state index in [1.165, 1.54) is 0 Å². The number of hydrogen-bond donors (Lipinski definition) is 0. The summed E-state index contributed by atoms with van der Waals surface area (Å²) in [5.41, 5.74) is 6.51. The summed E-state index contributed by atoms with van der Waals surface area (Å²) < 4.78 is 1.87. The molecule has 3 rings (SSSR count). The molecule has 0 unspecified atom stereocenters. The number of rotatable bonds is 5. The maximum Gasteiger partial charge on any atom is 0.256 e. The topological polar surface area (TPSA) is 51.0 Å². The van der Waals surface area contributed by atoms with E-state index in [-0.39, 0.29) is 11.9 Å². The first-order chi connectivity index (χ1) is 13.3. The van der Waals surface area contributed by atoms with Gasteiger partial charge in [0.05, 0.1) is 17.0 Å². The van der Waals surface area contributed by atoms with Crippen molar-refractivity contribution in [1.29, 1.82) is 0 Å². The normalized spacial score (nSPS) is 11.1. The first-order valence-electron chi connectivity index (χ1n) is 9.62. The van der Waals surface area contributed by atoms with Gasteiger partial charge in [0.2, 0.25) is 0 Å². The van der Waals surface area contributed by atoms with Crippen molar-refractivity contribution in [2.45, 2.75) is 47.2 Å². The molecule has 0 aliphatic carbocycles. The van der Waals surface area contributed by atoms with E-state index in [1.54, 1.807) is 6.20 Å². The highest BCUT2D eigenvalue weighted by atomic mass is 16.2. The molecule has 146 valence electrons. The van der Waals surface area contributed by atoms with Crippen LogP contribution in [0.4, 0.5) is 0 Å². The van der Waals surface area contributed by atoms with Crippen molar-refractivity contribution < 1.29 is 4.79 Å². The third kappa shape index (κ3) is 3.70. The van der Waals surface area contributed by atoms with Gasteiger partial charge in [-0.05, 0) is 51.8 Å². The summed E-state index contributed by atoms with van der Waals surface area (Å²) in [7, 11) is 1.94. The fraction of sp³-hybridized carbons (Fsp3) is 0.348. The standard InChI is InChI=1S/C23H28N4O/c1-15(2)27(14-21-16(3)25-26(6)18(21)5)23(28)22-17(4)24-13-12-20(22)19-10-8-7-9-11-19/h7-13,15H,14H2,1-6H3. The summed E-state index contributed by atoms with van der Waals surface area (Å²) in [6, 6.07) is 12.0. The van der Waals surface area contributed by atoms with Crippen LogP contribution in [-0.4, -0.2) is 31.6 Å². The molecule has 28 heavy (non-hydrogen) atoms. The maximum absolute atomic E-state index is 13.7. The molecule has 0 aliphatic heterocycles. The zero-order valence-electron chi connectivity index (χ0n) is 17.5. The molecular weight excluding hydrogens is 348 g/mol. The van der Waals surface area contributed by atoms with Crippen LogP contribution in [0.3, 0.4) is 0 Å². The molecule has 0 aliphatic rings. The van der Waals surface area contributed by atoms with Gasteiger partial charge in [0.15, 0.2) is 0 Å². The van der Waals surface area contributed by atoms with Crippen LogP contribution in [0.1, 0.15) is 46.9 Å². The number of aryl methyl sites for hydroxylation is 3. The molecule has 3 aromatic rings. The fourth-order valence-electron chi connectivity index (χ4n) is 3.54. The van der Waals surface area contributed by atoms with Crippen molar-refractivity contribution in [3.63, 3.8) is 0 Å². The Morgan fingerprint density at radius 1 is 1.07 bits per heavy atom. The molecule has 0 atom stereocenters. The van der Waals surface area contributed by atoms with Gasteiger partial charge >= 0.3 is 0 Å². The minimum absolute atomic E-state index is 0.00195. The van der Waals surface area contributed by atoms with Crippen LogP contribution in [0, 0.1) is 20.8 Å². The number of aromatic nitrogens is 3. The second-order valence-electron chi connectivity index (χ2n) is 7.48. The molecule has 1 amide bonds. The Labute approximate surface area is 167 Å². The number of carbonyl (C=O) groups is 1. The van der Waals surface area contributed by atoms with Crippen molar-refractivity contribution in [2.75, 3.05) is 0 Å². The minimum atomic E-state index is 0.00195. The molecule has 0 bridgehead atoms. The van der Waals surface area contributed by atoms with Crippen LogP contribution < -0.4 is 0 Å². The highest BCUT2D eigenvalue weighted by Crippen LogP contribution is 2.28. The molecule has 0 N–H and O–H groups in total. The van der Waals surface area contributed by atoms with Crippen LogP contribution >= 0.6 is 0 Å². The Morgan fingerprint density at radius 2 is 1.75 bits per heavy atom. The van der Waals surface area contributed by atoms with Gasteiger partial charge in [-0.3, -0.25) is 14.5 Å². The van der Waals surface area contributed by atoms with E-state index in [9.17, 15) is 4.79 Å². The number of amides is 1. The summed E-state index contributed by atoms with van der Waals surface area (Å²) >= 11 is 0. The number of nitrogens with zero attached hydrogens (tertiary/aromatic N) is 4. The predicted octanol–water partition coefficient (Wildman–Crippen LogP) is 4.46. The highest BCUT2D eigenvalue weighted by Gasteiger charge is 2.26. The maximum atomic E-state index is 13.7. The van der Waals surface area contributed by atoms with E-state index in [1.807, 2.05) is 87.6 Å². The molecule has 1 aromatic carbocycles. The van der Waals surface area contributed by atoms with Gasteiger partial charge in [0.25, 0.3) is 5.91 Å². The van der Waals surface area contributed by atoms with Crippen LogP contribution in [0.5, 0.6) is 0 Å². The largest absolute Gasteiger partial charge is 0.332 e. The Balaban J connectivity index is 2.06. The van der Waals surface area contributed by atoms with E-state index >= 15 is 0 Å². The quantitative estimate of drug-likeness (QED) is 0.661. The van der Waals surface area contributed by atoms with Gasteiger partial charge in [-0.2, -0.15) is 5.10 Å². The molecule has 5 heteroatoms. The highest BCUT2D eigenvalue weighted by molar-refractivity contribution is 6.02. The van der Waals surface area contributed by atoms with E-state index < -0.39 is 0 Å². The van der Waals surface area contributed by atoms with Gasteiger partial charge in [-0.25, -0.2) is 0 Å². The molecule has 0 saturated carbocycles. The first-order valence-corrected chi connectivity index (χ1v) is 9.62. The smallest absolute Gasteiger partial charge is 0.256 e. The number of hydrogen-bond acceptors (Lipinski definition) is 3. The molecule has 2 aromatic heterocycles. The van der Waals surface area contributed by atoms with Gasteiger partial charge in [0, 0.05) is 37.1 Å². The van der Waals surface area contributed by atoms with Crippen LogP contribution in [0.25, 0.3) is 11.1 Å². The summed E-state index contributed by atoms with van der Waals surface area (Å²) in [5.74, 6) is 0.00195. The third-order valence-electron chi connectivity index (χ3n) is 5.31. The van der Waals surface area contributed by atoms with Gasteiger partial charge in [0.1, 0.15) is 0 Å². The summed E-state index contributed by atoms with van der Waals surface area (Å²) in [4.78, 5) is 20.0. The summed E-state index contributed by atoms with van der Waals surface area (Å²) in [6.07, 6.45) is 1.77. The van der Waals surface area contributed by atoms with Crippen molar-refractivity contribution in [3.05, 3.63) is 70.8 Å². The zero-order valence-corrected chi connectivity index (χ0v) is 17.5. The van der Waals surface area contributed by atoms with Crippen molar-refractivity contribution in [1.82, 2.24) is 19.7 Å². The van der Waals surface area contributed by atoms with E-state index in [4.69, 9.17) is 0 Å². The molecule has 5 nitrogen and oxygen atoms in total. The second kappa shape index (κ2) is 7.97. The molecule has 0 spiro atoms. The monoisotopic (exact) mass is 376 g/mol. The average Bonchev–Trinajstić information content (AvgIpc) is 2.91. The Kier molecular flexibility index (Phi) is 5.63. The lowest BCUT2D eigenvalue weighted by Gasteiger charge is -2.28. The molecule has 2 heterocycles. The molecule has 0 saturated heterocycles. The zero-order chi connectivity index (χ0) is 20.4. The van der Waals surface area contributed by atoms with Crippen LogP contribution in [-0.2, 0) is 13.6 Å². The molecule has 0 radical (unpaired) electrons. The van der Waals surface area contributed by atoms with Crippen molar-refractivity contribution >= 4 is 5.91 Å². The van der Waals surface area contributed by atoms with Gasteiger partial charge < -0.3 is 4.90 Å². The van der Waals surface area contributed by atoms with Crippen molar-refractivity contribution in [3.8, 4) is 11.1 Å². The minimum Gasteiger partial charge on any atom is -0.332 e. The number of benzene rings is 1. The van der Waals surface area contributed by atoms with Crippen LogP contribution in [0.15, 0.2) is 42.6 Å². The number of carbonyl (C=O) groups excluding carboxylic acids is 1. The van der Waals surface area contributed by atoms with Gasteiger partial charge in [-0.1, -0.05) is 30.3 Å². The lowest BCUT2D eigenvalue weighted by molar-refractivity contribution is 0.0689. The fourth-order valence-corrected chi connectivity index (χ4v) is 3.54. The Hall–Kier alpha value is -2.95. The molecule has 0 fully saturated rings. The third-order valence-corrected chi connectivity index (χ3v) is 5.31. The van der Waals surface area contributed by atoms with E-state index in [2.05, 4.69) is 10.1 Å². The van der Waals surface area contributed by atoms with E-state index in [0.29, 0.717) is 12.1 Å². The number of pyridine rings is 1. The lowest BCUT2D eigenvalue weighted by Crippen LogP contribution is -2.37. The van der Waals surface area contributed by atoms with Gasteiger partial charge in [-0.15, -0.1) is 0 Å². The second-order valence-corrected chi connectivity index (χ2v) is 7.48. The summed E-state index contributed by atoms with van der Waals surface area (Å²) in [5, 5.41) is 4.50. The first kappa shape index (κ1) is 19.8. The summed E-state index contributed by atoms with van der Waals surface area (Å²) in [6.45, 7) is 10.6. The predicted molar refractivity (Wildman–Crippen MR) is 112 cm³/mol. The molecular formula is C23H28N4O. The SMILES string of the molecule is Cc1nn(C)c(C)c1CN(C(=O)c1c(-c2ccccc2)ccnc1C)C(C)C.